The van der Waals surface area contributed by atoms with Crippen molar-refractivity contribution in [2.75, 3.05) is 32.0 Å². The predicted octanol–water partition coefficient (Wildman–Crippen LogP) is 2.02. The minimum Gasteiger partial charge on any atom is -0.382 e. The minimum absolute atomic E-state index is 0.0880. The highest BCUT2D eigenvalue weighted by Crippen LogP contribution is 2.25. The summed E-state index contributed by atoms with van der Waals surface area (Å²) in [7, 11) is 1.51. The van der Waals surface area contributed by atoms with Gasteiger partial charge in [0, 0.05) is 50.5 Å². The molecule has 0 unspecified atom stereocenters. The van der Waals surface area contributed by atoms with E-state index in [9.17, 15) is 14.9 Å². The smallest absolute Gasteiger partial charge is 0.270 e. The molecular weight excluding hydrogens is 296 g/mol. The molecule has 0 spiro atoms. The molecule has 0 aliphatic carbocycles. The molecule has 1 saturated heterocycles. The Kier molecular flexibility index (Phi) is 5.70. The first-order chi connectivity index (χ1) is 11.0. The summed E-state index contributed by atoms with van der Waals surface area (Å²) in [4.78, 5) is 24.7. The number of nitro benzene ring substituents is 1. The largest absolute Gasteiger partial charge is 0.382 e. The number of amides is 1. The van der Waals surface area contributed by atoms with E-state index in [1.165, 1.54) is 19.2 Å². The molecule has 1 amide bonds. The Morgan fingerprint density at radius 3 is 2.74 bits per heavy atom. The van der Waals surface area contributed by atoms with Crippen LogP contribution in [0.3, 0.4) is 0 Å². The van der Waals surface area contributed by atoms with Gasteiger partial charge in [-0.2, -0.15) is 0 Å². The lowest BCUT2D eigenvalue weighted by molar-refractivity contribution is -0.384. The van der Waals surface area contributed by atoms with Gasteiger partial charge in [0.1, 0.15) is 0 Å². The van der Waals surface area contributed by atoms with E-state index in [-0.39, 0.29) is 17.6 Å². The van der Waals surface area contributed by atoms with Gasteiger partial charge in [-0.1, -0.05) is 6.08 Å². The van der Waals surface area contributed by atoms with Gasteiger partial charge in [-0.05, 0) is 18.9 Å². The third kappa shape index (κ3) is 4.29. The summed E-state index contributed by atoms with van der Waals surface area (Å²) >= 11 is 0. The number of piperidine rings is 1. The Hall–Kier alpha value is -2.41. The first-order valence-electron chi connectivity index (χ1n) is 7.65. The van der Waals surface area contributed by atoms with E-state index >= 15 is 0 Å². The Morgan fingerprint density at radius 2 is 2.17 bits per heavy atom. The molecule has 0 aromatic heterocycles. The van der Waals surface area contributed by atoms with Crippen molar-refractivity contribution in [1.82, 2.24) is 10.2 Å². The summed E-state index contributed by atoms with van der Waals surface area (Å²) in [6.45, 7) is 6.56. The number of nitrogens with one attached hydrogen (secondary N) is 2. The summed E-state index contributed by atoms with van der Waals surface area (Å²) in [5, 5.41) is 16.8. The molecule has 23 heavy (non-hydrogen) atoms. The molecule has 7 nitrogen and oxygen atoms in total. The fraction of sp³-hybridized carbons (Fsp3) is 0.438. The number of non-ortho nitro benzene ring substituents is 1. The SMILES string of the molecule is C=CCN1CCC(Nc2ccc([N+](=O)[O-])cc2C(=O)NC)CC1. The van der Waals surface area contributed by atoms with E-state index in [0.29, 0.717) is 11.3 Å². The van der Waals surface area contributed by atoms with Gasteiger partial charge in [0.15, 0.2) is 0 Å². The van der Waals surface area contributed by atoms with E-state index in [1.807, 2.05) is 6.08 Å². The number of carbonyl (C=O) groups is 1. The first kappa shape index (κ1) is 17.0. The average Bonchev–Trinajstić information content (AvgIpc) is 2.56. The van der Waals surface area contributed by atoms with Gasteiger partial charge in [0.25, 0.3) is 11.6 Å². The highest BCUT2D eigenvalue weighted by Gasteiger charge is 2.21. The fourth-order valence-electron chi connectivity index (χ4n) is 2.76. The molecule has 1 aromatic carbocycles. The zero-order valence-corrected chi connectivity index (χ0v) is 13.2. The minimum atomic E-state index is -0.496. The van der Waals surface area contributed by atoms with Crippen LogP contribution in [0.25, 0.3) is 0 Å². The van der Waals surface area contributed by atoms with Gasteiger partial charge in [-0.25, -0.2) is 0 Å². The van der Waals surface area contributed by atoms with Crippen molar-refractivity contribution < 1.29 is 9.72 Å². The maximum Gasteiger partial charge on any atom is 0.270 e. The van der Waals surface area contributed by atoms with Crippen molar-refractivity contribution in [3.8, 4) is 0 Å². The van der Waals surface area contributed by atoms with Crippen LogP contribution in [-0.2, 0) is 0 Å². The molecule has 1 aliphatic heterocycles. The highest BCUT2D eigenvalue weighted by molar-refractivity contribution is 6.00. The zero-order chi connectivity index (χ0) is 16.8. The third-order valence-electron chi connectivity index (χ3n) is 4.02. The second kappa shape index (κ2) is 7.73. The molecule has 0 saturated carbocycles. The molecule has 2 rings (SSSR count). The van der Waals surface area contributed by atoms with Crippen molar-refractivity contribution in [1.29, 1.82) is 0 Å². The molecular formula is C16H22N4O3. The van der Waals surface area contributed by atoms with Crippen LogP contribution in [-0.4, -0.2) is 48.5 Å². The summed E-state index contributed by atoms with van der Waals surface area (Å²) < 4.78 is 0. The van der Waals surface area contributed by atoms with Crippen molar-refractivity contribution in [3.63, 3.8) is 0 Å². The third-order valence-corrected chi connectivity index (χ3v) is 4.02. The van der Waals surface area contributed by atoms with Crippen molar-refractivity contribution >= 4 is 17.3 Å². The summed E-state index contributed by atoms with van der Waals surface area (Å²) in [6, 6.07) is 4.59. The van der Waals surface area contributed by atoms with Crippen molar-refractivity contribution in [2.45, 2.75) is 18.9 Å². The molecule has 7 heteroatoms. The molecule has 124 valence electrons. The standard InChI is InChI=1S/C16H22N4O3/c1-3-8-19-9-6-12(7-10-19)18-15-5-4-13(20(22)23)11-14(15)16(21)17-2/h3-5,11-12,18H,1,6-10H2,2H3,(H,17,21). The molecule has 2 N–H and O–H groups in total. The predicted molar refractivity (Wildman–Crippen MR) is 89.8 cm³/mol. The quantitative estimate of drug-likeness (QED) is 0.476. The molecule has 1 fully saturated rings. The van der Waals surface area contributed by atoms with Gasteiger partial charge < -0.3 is 10.6 Å². The van der Waals surface area contributed by atoms with E-state index in [0.717, 1.165) is 32.5 Å². The van der Waals surface area contributed by atoms with Crippen LogP contribution in [0, 0.1) is 10.1 Å². The maximum absolute atomic E-state index is 12.0. The van der Waals surface area contributed by atoms with Gasteiger partial charge in [0.2, 0.25) is 0 Å². The van der Waals surface area contributed by atoms with Crippen LogP contribution >= 0.6 is 0 Å². The second-order valence-corrected chi connectivity index (χ2v) is 5.57. The van der Waals surface area contributed by atoms with Crippen LogP contribution in [0.4, 0.5) is 11.4 Å². The molecule has 0 atom stereocenters. The number of anilines is 1. The summed E-state index contributed by atoms with van der Waals surface area (Å²) in [5.74, 6) is -0.333. The number of hydrogen-bond donors (Lipinski definition) is 2. The number of hydrogen-bond acceptors (Lipinski definition) is 5. The Bertz CT molecular complexity index is 595. The Balaban J connectivity index is 2.11. The lowest BCUT2D eigenvalue weighted by atomic mass is 10.0. The van der Waals surface area contributed by atoms with Crippen LogP contribution < -0.4 is 10.6 Å². The van der Waals surface area contributed by atoms with Crippen LogP contribution in [0.5, 0.6) is 0 Å². The molecule has 1 heterocycles. The molecule has 0 radical (unpaired) electrons. The Labute approximate surface area is 135 Å². The maximum atomic E-state index is 12.0. The number of nitro groups is 1. The van der Waals surface area contributed by atoms with Gasteiger partial charge in [0.05, 0.1) is 10.5 Å². The molecule has 1 aliphatic rings. The number of carbonyl (C=O) groups excluding carboxylic acids is 1. The van der Waals surface area contributed by atoms with E-state index < -0.39 is 4.92 Å². The van der Waals surface area contributed by atoms with Crippen LogP contribution in [0.1, 0.15) is 23.2 Å². The highest BCUT2D eigenvalue weighted by atomic mass is 16.6. The van der Waals surface area contributed by atoms with Gasteiger partial charge >= 0.3 is 0 Å². The van der Waals surface area contributed by atoms with Crippen molar-refractivity contribution in [3.05, 3.63) is 46.5 Å². The number of benzene rings is 1. The number of nitrogens with zero attached hydrogens (tertiary/aromatic N) is 2. The summed E-state index contributed by atoms with van der Waals surface area (Å²) in [6.07, 6.45) is 3.81. The molecule has 0 bridgehead atoms. The molecule has 1 aromatic rings. The zero-order valence-electron chi connectivity index (χ0n) is 13.2. The normalized spacial score (nSPS) is 15.9. The van der Waals surface area contributed by atoms with Crippen LogP contribution in [0.15, 0.2) is 30.9 Å². The fourth-order valence-corrected chi connectivity index (χ4v) is 2.76. The lowest BCUT2D eigenvalue weighted by Crippen LogP contribution is -2.39. The van der Waals surface area contributed by atoms with Crippen LogP contribution in [0.2, 0.25) is 0 Å². The van der Waals surface area contributed by atoms with Crippen molar-refractivity contribution in [2.24, 2.45) is 0 Å². The lowest BCUT2D eigenvalue weighted by Gasteiger charge is -2.32. The van der Waals surface area contributed by atoms with Gasteiger partial charge in [-0.3, -0.25) is 19.8 Å². The number of rotatable bonds is 6. The second-order valence-electron chi connectivity index (χ2n) is 5.57. The first-order valence-corrected chi connectivity index (χ1v) is 7.65. The van der Waals surface area contributed by atoms with E-state index in [2.05, 4.69) is 22.1 Å². The Morgan fingerprint density at radius 1 is 1.48 bits per heavy atom. The topological polar surface area (TPSA) is 87.5 Å². The monoisotopic (exact) mass is 318 g/mol. The average molecular weight is 318 g/mol. The van der Waals surface area contributed by atoms with E-state index in [4.69, 9.17) is 0 Å². The van der Waals surface area contributed by atoms with E-state index in [1.54, 1.807) is 6.07 Å². The van der Waals surface area contributed by atoms with Gasteiger partial charge in [-0.15, -0.1) is 6.58 Å². The summed E-state index contributed by atoms with van der Waals surface area (Å²) in [5.41, 5.74) is 0.849. The number of likely N-dealkylation sites (tertiary alicyclic amines) is 1.